The number of nitrogens with zero attached hydrogens (tertiary/aromatic N) is 4. The van der Waals surface area contributed by atoms with Crippen molar-refractivity contribution in [1.29, 1.82) is 0 Å². The number of halogens is 4. The van der Waals surface area contributed by atoms with Crippen LogP contribution in [-0.2, 0) is 19.1 Å². The lowest BCUT2D eigenvalue weighted by atomic mass is 10.1. The van der Waals surface area contributed by atoms with Gasteiger partial charge in [-0.15, -0.1) is 5.92 Å². The van der Waals surface area contributed by atoms with Crippen LogP contribution >= 0.6 is 11.6 Å². The summed E-state index contributed by atoms with van der Waals surface area (Å²) in [6.07, 6.45) is 1.01. The molecule has 0 spiro atoms. The van der Waals surface area contributed by atoms with Crippen LogP contribution < -0.4 is 0 Å². The Kier molecular flexibility index (Phi) is 5.22. The molecule has 1 fully saturated rings. The van der Waals surface area contributed by atoms with Gasteiger partial charge < -0.3 is 4.57 Å². The molecule has 4 nitrogen and oxygen atoms in total. The maximum atomic E-state index is 12.9. The topological polar surface area (TPSA) is 43.6 Å². The first kappa shape index (κ1) is 19.7. The van der Waals surface area contributed by atoms with Crippen LogP contribution in [-0.4, -0.2) is 19.5 Å². The highest BCUT2D eigenvalue weighted by Gasteiger charge is 2.31. The summed E-state index contributed by atoms with van der Waals surface area (Å²) in [6.45, 7) is 2.44. The Morgan fingerprint density at radius 2 is 2.00 bits per heavy atom. The van der Waals surface area contributed by atoms with Crippen molar-refractivity contribution >= 4 is 22.8 Å². The molecule has 0 aliphatic heterocycles. The van der Waals surface area contributed by atoms with Gasteiger partial charge in [-0.1, -0.05) is 30.5 Å². The van der Waals surface area contributed by atoms with Crippen molar-refractivity contribution in [3.8, 4) is 23.1 Å². The second kappa shape index (κ2) is 7.68. The fourth-order valence-corrected chi connectivity index (χ4v) is 3.44. The standard InChI is InChI=1S/C21H18ClF3N4/c1-2-17-28-19-18(15-9-8-14(11-16(15)22)21(23,24)25)26-12-27-20(19)29(17)10-4-3-5-13-6-7-13/h8-9,11-13H,2,5-7,10H2,1H3. The zero-order valence-corrected chi connectivity index (χ0v) is 16.5. The van der Waals surface area contributed by atoms with Crippen LogP contribution in [0.1, 0.15) is 37.6 Å². The van der Waals surface area contributed by atoms with Gasteiger partial charge in [-0.3, -0.25) is 0 Å². The minimum Gasteiger partial charge on any atom is -0.301 e. The molecule has 0 N–H and O–H groups in total. The molecule has 8 heteroatoms. The van der Waals surface area contributed by atoms with Crippen molar-refractivity contribution in [3.05, 3.63) is 40.9 Å². The second-order valence-corrected chi connectivity index (χ2v) is 7.46. The molecular weight excluding hydrogens is 401 g/mol. The van der Waals surface area contributed by atoms with Crippen molar-refractivity contribution in [2.24, 2.45) is 5.92 Å². The van der Waals surface area contributed by atoms with Crippen LogP contribution in [0.25, 0.3) is 22.4 Å². The molecular formula is C21H18ClF3N4. The maximum Gasteiger partial charge on any atom is 0.416 e. The smallest absolute Gasteiger partial charge is 0.301 e. The van der Waals surface area contributed by atoms with E-state index in [1.165, 1.54) is 25.2 Å². The van der Waals surface area contributed by atoms with Gasteiger partial charge in [0.25, 0.3) is 0 Å². The van der Waals surface area contributed by atoms with Crippen LogP contribution in [0, 0.1) is 17.8 Å². The van der Waals surface area contributed by atoms with Crippen LogP contribution in [0.3, 0.4) is 0 Å². The quantitative estimate of drug-likeness (QED) is 0.523. The lowest BCUT2D eigenvalue weighted by molar-refractivity contribution is -0.137. The molecule has 150 valence electrons. The summed E-state index contributed by atoms with van der Waals surface area (Å²) >= 11 is 6.17. The van der Waals surface area contributed by atoms with E-state index in [4.69, 9.17) is 11.6 Å². The summed E-state index contributed by atoms with van der Waals surface area (Å²) in [5.41, 5.74) is 1.10. The first-order valence-corrected chi connectivity index (χ1v) is 9.79. The Morgan fingerprint density at radius 3 is 2.66 bits per heavy atom. The van der Waals surface area contributed by atoms with Gasteiger partial charge >= 0.3 is 6.18 Å². The van der Waals surface area contributed by atoms with E-state index in [1.54, 1.807) is 0 Å². The third-order valence-corrected chi connectivity index (χ3v) is 5.24. The van der Waals surface area contributed by atoms with E-state index in [0.717, 1.165) is 30.3 Å². The minimum absolute atomic E-state index is 0.0309. The van der Waals surface area contributed by atoms with Gasteiger partial charge in [0.1, 0.15) is 23.4 Å². The number of hydrogen-bond donors (Lipinski definition) is 0. The van der Waals surface area contributed by atoms with E-state index in [-0.39, 0.29) is 5.02 Å². The van der Waals surface area contributed by atoms with E-state index >= 15 is 0 Å². The van der Waals surface area contributed by atoms with E-state index in [2.05, 4.69) is 26.8 Å². The predicted molar refractivity (Wildman–Crippen MR) is 105 cm³/mol. The number of hydrogen-bond acceptors (Lipinski definition) is 3. The van der Waals surface area contributed by atoms with Gasteiger partial charge in [0, 0.05) is 18.4 Å². The third kappa shape index (κ3) is 4.08. The normalized spacial score (nSPS) is 14.1. The van der Waals surface area contributed by atoms with Gasteiger partial charge in [-0.25, -0.2) is 15.0 Å². The number of rotatable bonds is 4. The highest BCUT2D eigenvalue weighted by molar-refractivity contribution is 6.33. The largest absolute Gasteiger partial charge is 0.416 e. The fraction of sp³-hybridized carbons (Fsp3) is 0.381. The summed E-state index contributed by atoms with van der Waals surface area (Å²) in [5, 5.41) is -0.0309. The number of imidazole rings is 1. The van der Waals surface area contributed by atoms with E-state index in [0.29, 0.717) is 35.4 Å². The molecule has 0 atom stereocenters. The maximum absolute atomic E-state index is 12.9. The van der Waals surface area contributed by atoms with Crippen LogP contribution in [0.15, 0.2) is 24.5 Å². The minimum atomic E-state index is -4.46. The summed E-state index contributed by atoms with van der Waals surface area (Å²) in [5.74, 6) is 7.93. The van der Waals surface area contributed by atoms with Gasteiger partial charge in [0.15, 0.2) is 5.65 Å². The molecule has 0 amide bonds. The fourth-order valence-electron chi connectivity index (χ4n) is 3.17. The molecule has 0 unspecified atom stereocenters. The zero-order chi connectivity index (χ0) is 20.6. The molecule has 1 aliphatic rings. The average Bonchev–Trinajstić information content (AvgIpc) is 3.44. The second-order valence-electron chi connectivity index (χ2n) is 7.06. The molecule has 4 rings (SSSR count). The molecule has 2 heterocycles. The monoisotopic (exact) mass is 418 g/mol. The van der Waals surface area contributed by atoms with Crippen molar-refractivity contribution < 1.29 is 13.2 Å². The highest BCUT2D eigenvalue weighted by atomic mass is 35.5. The van der Waals surface area contributed by atoms with Gasteiger partial charge in [0.2, 0.25) is 0 Å². The van der Waals surface area contributed by atoms with Crippen LogP contribution in [0.2, 0.25) is 5.02 Å². The molecule has 29 heavy (non-hydrogen) atoms. The number of fused-ring (bicyclic) bond motifs is 1. The molecule has 1 saturated carbocycles. The number of benzene rings is 1. The first-order valence-electron chi connectivity index (χ1n) is 9.41. The number of alkyl halides is 3. The summed E-state index contributed by atoms with van der Waals surface area (Å²) < 4.78 is 40.8. The number of aromatic nitrogens is 4. The van der Waals surface area contributed by atoms with Crippen molar-refractivity contribution in [3.63, 3.8) is 0 Å². The van der Waals surface area contributed by atoms with Crippen molar-refractivity contribution in [2.75, 3.05) is 0 Å². The van der Waals surface area contributed by atoms with Crippen molar-refractivity contribution in [2.45, 2.75) is 45.3 Å². The SMILES string of the molecule is CCc1nc2c(-c3ccc(C(F)(F)F)cc3Cl)ncnc2n1CC#CCC1CC1. The van der Waals surface area contributed by atoms with Gasteiger partial charge in [0.05, 0.1) is 17.1 Å². The highest BCUT2D eigenvalue weighted by Crippen LogP contribution is 2.36. The average molecular weight is 419 g/mol. The molecule has 0 saturated heterocycles. The van der Waals surface area contributed by atoms with Crippen molar-refractivity contribution in [1.82, 2.24) is 19.5 Å². The lowest BCUT2D eigenvalue weighted by Crippen LogP contribution is -2.05. The molecule has 3 aromatic rings. The Hall–Kier alpha value is -2.59. The summed E-state index contributed by atoms with van der Waals surface area (Å²) in [6, 6.07) is 3.23. The van der Waals surface area contributed by atoms with E-state index < -0.39 is 11.7 Å². The molecule has 1 aliphatic carbocycles. The number of aryl methyl sites for hydroxylation is 1. The Labute approximate surface area is 171 Å². The predicted octanol–water partition coefficient (Wildman–Crippen LogP) is 5.53. The first-order chi connectivity index (χ1) is 13.9. The van der Waals surface area contributed by atoms with Crippen LogP contribution in [0.5, 0.6) is 0 Å². The Bertz CT molecular complexity index is 1120. The summed E-state index contributed by atoms with van der Waals surface area (Å²) in [4.78, 5) is 13.2. The zero-order valence-electron chi connectivity index (χ0n) is 15.7. The lowest BCUT2D eigenvalue weighted by Gasteiger charge is -2.10. The van der Waals surface area contributed by atoms with Crippen LogP contribution in [0.4, 0.5) is 13.2 Å². The molecule has 2 aromatic heterocycles. The molecule has 0 bridgehead atoms. The Balaban J connectivity index is 1.75. The van der Waals surface area contributed by atoms with Gasteiger partial charge in [-0.05, 0) is 30.9 Å². The molecule has 0 radical (unpaired) electrons. The summed E-state index contributed by atoms with van der Waals surface area (Å²) in [7, 11) is 0. The Morgan fingerprint density at radius 1 is 1.21 bits per heavy atom. The molecule has 1 aromatic carbocycles. The third-order valence-electron chi connectivity index (χ3n) is 4.93. The van der Waals surface area contributed by atoms with Gasteiger partial charge in [-0.2, -0.15) is 13.2 Å². The van der Waals surface area contributed by atoms with E-state index in [9.17, 15) is 13.2 Å². The van der Waals surface area contributed by atoms with E-state index in [1.807, 2.05) is 11.5 Å².